The predicted octanol–water partition coefficient (Wildman–Crippen LogP) is 1.17. The number of fused-ring (bicyclic) bond motifs is 1. The van der Waals surface area contributed by atoms with Crippen molar-refractivity contribution in [2.45, 2.75) is 19.4 Å². The number of likely N-dealkylation sites (tertiary alicyclic amines) is 1. The van der Waals surface area contributed by atoms with Gasteiger partial charge in [-0.3, -0.25) is 4.90 Å². The van der Waals surface area contributed by atoms with E-state index in [1.54, 1.807) is 0 Å². The fraction of sp³-hybridized carbons (Fsp3) is 0.650. The molecule has 0 saturated carbocycles. The molecule has 28 heavy (non-hydrogen) atoms. The molecule has 0 spiro atoms. The van der Waals surface area contributed by atoms with Crippen molar-refractivity contribution < 1.29 is 18.9 Å². The fourth-order valence-corrected chi connectivity index (χ4v) is 3.88. The number of rotatable bonds is 6. The smallest absolute Gasteiger partial charge is 0.231 e. The van der Waals surface area contributed by atoms with E-state index < -0.39 is 0 Å². The number of ether oxygens (including phenoxy) is 4. The number of aliphatic imine (C=N–C) groups is 1. The van der Waals surface area contributed by atoms with Crippen molar-refractivity contribution in [1.82, 2.24) is 15.1 Å². The van der Waals surface area contributed by atoms with E-state index in [4.69, 9.17) is 23.9 Å². The summed E-state index contributed by atoms with van der Waals surface area (Å²) in [5, 5.41) is 3.42. The highest BCUT2D eigenvalue weighted by Crippen LogP contribution is 2.35. The van der Waals surface area contributed by atoms with Crippen LogP contribution in [0.4, 0.5) is 0 Å². The molecule has 0 aromatic heterocycles. The molecule has 3 aliphatic rings. The molecule has 3 heterocycles. The first kappa shape index (κ1) is 19.1. The van der Waals surface area contributed by atoms with E-state index in [0.29, 0.717) is 19.2 Å². The van der Waals surface area contributed by atoms with Gasteiger partial charge in [0.25, 0.3) is 0 Å². The Hall–Kier alpha value is -2.19. The zero-order valence-electron chi connectivity index (χ0n) is 16.6. The van der Waals surface area contributed by atoms with E-state index in [0.717, 1.165) is 69.1 Å². The molecule has 1 N–H and O–H groups in total. The Balaban J connectivity index is 1.27. The number of hydrogen-bond acceptors (Lipinski definition) is 6. The summed E-state index contributed by atoms with van der Waals surface area (Å²) in [7, 11) is 0. The molecule has 8 nitrogen and oxygen atoms in total. The van der Waals surface area contributed by atoms with Crippen LogP contribution in [0.5, 0.6) is 17.2 Å². The van der Waals surface area contributed by atoms with Gasteiger partial charge in [-0.2, -0.15) is 0 Å². The van der Waals surface area contributed by atoms with E-state index in [1.165, 1.54) is 6.42 Å². The van der Waals surface area contributed by atoms with Crippen molar-refractivity contribution in [2.75, 3.05) is 65.9 Å². The van der Waals surface area contributed by atoms with Gasteiger partial charge in [0.15, 0.2) is 17.5 Å². The van der Waals surface area contributed by atoms with E-state index in [-0.39, 0.29) is 6.79 Å². The highest BCUT2D eigenvalue weighted by atomic mass is 16.7. The van der Waals surface area contributed by atoms with Gasteiger partial charge in [-0.25, -0.2) is 4.99 Å². The molecule has 3 aliphatic heterocycles. The first-order valence-electron chi connectivity index (χ1n) is 10.2. The minimum atomic E-state index is 0.274. The molecule has 1 atom stereocenters. The average Bonchev–Trinajstić information content (AvgIpc) is 3.40. The van der Waals surface area contributed by atoms with Crippen molar-refractivity contribution in [2.24, 2.45) is 4.99 Å². The van der Waals surface area contributed by atoms with Crippen molar-refractivity contribution in [1.29, 1.82) is 0 Å². The maximum Gasteiger partial charge on any atom is 0.231 e. The standard InChI is InChI=1S/C20H30N4O4/c1-2-21-20(24-7-5-16(14-24)23-8-11-25-12-9-23)22-6-10-26-17-3-4-18-19(13-17)28-15-27-18/h3-4,13,16H,2,5-12,14-15H2,1H3,(H,21,22). The van der Waals surface area contributed by atoms with E-state index in [9.17, 15) is 0 Å². The quantitative estimate of drug-likeness (QED) is 0.444. The Morgan fingerprint density at radius 2 is 2.07 bits per heavy atom. The maximum atomic E-state index is 5.83. The minimum absolute atomic E-state index is 0.274. The summed E-state index contributed by atoms with van der Waals surface area (Å²) in [6, 6.07) is 6.24. The highest BCUT2D eigenvalue weighted by Gasteiger charge is 2.30. The lowest BCUT2D eigenvalue weighted by molar-refractivity contribution is 0.0195. The van der Waals surface area contributed by atoms with Crippen LogP contribution in [0.25, 0.3) is 0 Å². The van der Waals surface area contributed by atoms with Crippen LogP contribution >= 0.6 is 0 Å². The van der Waals surface area contributed by atoms with Crippen molar-refractivity contribution in [3.8, 4) is 17.2 Å². The molecular weight excluding hydrogens is 360 g/mol. The second kappa shape index (κ2) is 9.34. The molecule has 1 unspecified atom stereocenters. The summed E-state index contributed by atoms with van der Waals surface area (Å²) < 4.78 is 22.0. The van der Waals surface area contributed by atoms with Crippen LogP contribution in [0, 0.1) is 0 Å². The first-order chi connectivity index (χ1) is 13.8. The third kappa shape index (κ3) is 4.62. The van der Waals surface area contributed by atoms with Gasteiger partial charge in [0.05, 0.1) is 19.8 Å². The molecule has 4 rings (SSSR count). The molecule has 0 radical (unpaired) electrons. The summed E-state index contributed by atoms with van der Waals surface area (Å²) in [5.41, 5.74) is 0. The molecule has 0 aliphatic carbocycles. The topological polar surface area (TPSA) is 67.8 Å². The van der Waals surface area contributed by atoms with Crippen LogP contribution in [0.2, 0.25) is 0 Å². The number of hydrogen-bond donors (Lipinski definition) is 1. The largest absolute Gasteiger partial charge is 0.492 e. The van der Waals surface area contributed by atoms with Gasteiger partial charge < -0.3 is 29.2 Å². The lowest BCUT2D eigenvalue weighted by Gasteiger charge is -2.32. The van der Waals surface area contributed by atoms with Gasteiger partial charge in [0.1, 0.15) is 12.4 Å². The molecule has 154 valence electrons. The normalized spacial score (nSPS) is 22.5. The Labute approximate surface area is 166 Å². The van der Waals surface area contributed by atoms with Crippen molar-refractivity contribution >= 4 is 5.96 Å². The number of nitrogens with one attached hydrogen (secondary N) is 1. The van der Waals surface area contributed by atoms with Crippen LogP contribution in [-0.2, 0) is 4.74 Å². The van der Waals surface area contributed by atoms with Gasteiger partial charge in [-0.15, -0.1) is 0 Å². The number of guanidine groups is 1. The third-order valence-corrected chi connectivity index (χ3v) is 5.33. The molecule has 8 heteroatoms. The monoisotopic (exact) mass is 390 g/mol. The van der Waals surface area contributed by atoms with Crippen LogP contribution in [-0.4, -0.2) is 87.7 Å². The lowest BCUT2D eigenvalue weighted by atomic mass is 10.2. The zero-order valence-corrected chi connectivity index (χ0v) is 16.6. The molecule has 1 aromatic rings. The first-order valence-corrected chi connectivity index (χ1v) is 10.2. The van der Waals surface area contributed by atoms with Crippen LogP contribution in [0.3, 0.4) is 0 Å². The zero-order chi connectivity index (χ0) is 19.2. The van der Waals surface area contributed by atoms with Crippen molar-refractivity contribution in [3.05, 3.63) is 18.2 Å². The highest BCUT2D eigenvalue weighted by molar-refractivity contribution is 5.80. The SMILES string of the molecule is CCNC(=NCCOc1ccc2c(c1)OCO2)N1CCC(N2CCOCC2)C1. The summed E-state index contributed by atoms with van der Waals surface area (Å²) in [6.07, 6.45) is 1.18. The van der Waals surface area contributed by atoms with Crippen LogP contribution in [0.1, 0.15) is 13.3 Å². The molecule has 1 aromatic carbocycles. The lowest BCUT2D eigenvalue weighted by Crippen LogP contribution is -2.46. The number of morpholine rings is 1. The molecule has 0 bridgehead atoms. The Bertz CT molecular complexity index is 678. The Morgan fingerprint density at radius 3 is 2.93 bits per heavy atom. The third-order valence-electron chi connectivity index (χ3n) is 5.33. The summed E-state index contributed by atoms with van der Waals surface area (Å²) in [6.45, 7) is 10.2. The van der Waals surface area contributed by atoms with Gasteiger partial charge in [-0.1, -0.05) is 0 Å². The van der Waals surface area contributed by atoms with E-state index >= 15 is 0 Å². The van der Waals surface area contributed by atoms with Crippen LogP contribution in [0.15, 0.2) is 23.2 Å². The fourth-order valence-electron chi connectivity index (χ4n) is 3.88. The van der Waals surface area contributed by atoms with Gasteiger partial charge >= 0.3 is 0 Å². The second-order valence-electron chi connectivity index (χ2n) is 7.14. The summed E-state index contributed by atoms with van der Waals surface area (Å²) in [5.74, 6) is 3.26. The Morgan fingerprint density at radius 1 is 1.21 bits per heavy atom. The van der Waals surface area contributed by atoms with Crippen molar-refractivity contribution in [3.63, 3.8) is 0 Å². The number of benzene rings is 1. The van der Waals surface area contributed by atoms with Gasteiger partial charge in [-0.05, 0) is 25.5 Å². The molecule has 2 saturated heterocycles. The molecular formula is C20H30N4O4. The molecule has 0 amide bonds. The summed E-state index contributed by atoms with van der Waals surface area (Å²) >= 11 is 0. The maximum absolute atomic E-state index is 5.83. The van der Waals surface area contributed by atoms with E-state index in [2.05, 4.69) is 22.0 Å². The summed E-state index contributed by atoms with van der Waals surface area (Å²) in [4.78, 5) is 9.69. The Kier molecular flexibility index (Phi) is 6.38. The molecule has 2 fully saturated rings. The minimum Gasteiger partial charge on any atom is -0.492 e. The van der Waals surface area contributed by atoms with Gasteiger partial charge in [0, 0.05) is 44.8 Å². The van der Waals surface area contributed by atoms with Gasteiger partial charge in [0.2, 0.25) is 6.79 Å². The predicted molar refractivity (Wildman–Crippen MR) is 106 cm³/mol. The second-order valence-corrected chi connectivity index (χ2v) is 7.14. The van der Waals surface area contributed by atoms with E-state index in [1.807, 2.05) is 18.2 Å². The van der Waals surface area contributed by atoms with Crippen LogP contribution < -0.4 is 19.5 Å². The average molecular weight is 390 g/mol. The number of nitrogens with zero attached hydrogens (tertiary/aromatic N) is 3.